The fraction of sp³-hybridized carbons (Fsp3) is 0.500. The Morgan fingerprint density at radius 1 is 0.964 bits per heavy atom. The highest BCUT2D eigenvalue weighted by Crippen LogP contribution is 2.41. The van der Waals surface area contributed by atoms with Gasteiger partial charge < -0.3 is 10.2 Å². The Bertz CT molecular complexity index is 807. The molecule has 3 rings (SSSR count). The monoisotopic (exact) mass is 385 g/mol. The SMILES string of the molecule is CC1C(=O)CC2=C(C(=O)c3ccccc3C2=O)C1CCCN(CCO)CCO. The average Bonchev–Trinajstić information content (AvgIpc) is 2.69. The first-order valence-electron chi connectivity index (χ1n) is 9.87. The zero-order valence-corrected chi connectivity index (χ0v) is 16.2. The first-order chi connectivity index (χ1) is 13.5. The summed E-state index contributed by atoms with van der Waals surface area (Å²) < 4.78 is 0. The van der Waals surface area contributed by atoms with E-state index in [-0.39, 0.29) is 48.8 Å². The maximum Gasteiger partial charge on any atom is 0.190 e. The minimum atomic E-state index is -0.301. The number of hydrogen-bond donors (Lipinski definition) is 2. The van der Waals surface area contributed by atoms with E-state index < -0.39 is 0 Å². The average molecular weight is 385 g/mol. The molecule has 1 aromatic carbocycles. The summed E-state index contributed by atoms with van der Waals surface area (Å²) in [4.78, 5) is 40.6. The summed E-state index contributed by atoms with van der Waals surface area (Å²) in [5.74, 6) is -0.891. The van der Waals surface area contributed by atoms with Crippen molar-refractivity contribution in [3.63, 3.8) is 0 Å². The van der Waals surface area contributed by atoms with Crippen molar-refractivity contribution >= 4 is 17.3 Å². The van der Waals surface area contributed by atoms with Crippen LogP contribution in [0.15, 0.2) is 35.4 Å². The van der Waals surface area contributed by atoms with Gasteiger partial charge in [-0.1, -0.05) is 31.2 Å². The Kier molecular flexibility index (Phi) is 6.54. The van der Waals surface area contributed by atoms with E-state index >= 15 is 0 Å². The minimum Gasteiger partial charge on any atom is -0.395 e. The van der Waals surface area contributed by atoms with Crippen molar-refractivity contribution in [2.75, 3.05) is 32.8 Å². The molecule has 150 valence electrons. The number of hydrogen-bond acceptors (Lipinski definition) is 6. The largest absolute Gasteiger partial charge is 0.395 e. The maximum absolute atomic E-state index is 13.2. The highest BCUT2D eigenvalue weighted by Gasteiger charge is 2.43. The number of allylic oxidation sites excluding steroid dienone is 2. The topological polar surface area (TPSA) is 94.9 Å². The van der Waals surface area contributed by atoms with E-state index in [1.54, 1.807) is 24.3 Å². The number of benzene rings is 1. The second kappa shape index (κ2) is 8.90. The lowest BCUT2D eigenvalue weighted by Gasteiger charge is -2.34. The number of Topliss-reactive ketones (excluding diaryl/α,β-unsaturated/α-hetero) is 3. The van der Waals surface area contributed by atoms with Gasteiger partial charge in [0.05, 0.1) is 13.2 Å². The molecule has 2 aliphatic rings. The van der Waals surface area contributed by atoms with Gasteiger partial charge in [0.2, 0.25) is 0 Å². The van der Waals surface area contributed by atoms with E-state index in [0.29, 0.717) is 54.7 Å². The molecule has 0 bridgehead atoms. The minimum absolute atomic E-state index is 0.00635. The second-order valence-electron chi connectivity index (χ2n) is 7.57. The fourth-order valence-electron chi connectivity index (χ4n) is 4.37. The van der Waals surface area contributed by atoms with E-state index in [1.807, 2.05) is 11.8 Å². The van der Waals surface area contributed by atoms with Crippen LogP contribution in [0.3, 0.4) is 0 Å². The normalized spacial score (nSPS) is 21.9. The van der Waals surface area contributed by atoms with Gasteiger partial charge in [-0.25, -0.2) is 0 Å². The number of rotatable bonds is 8. The molecule has 2 atom stereocenters. The van der Waals surface area contributed by atoms with Crippen molar-refractivity contribution < 1.29 is 24.6 Å². The summed E-state index contributed by atoms with van der Waals surface area (Å²) in [6.07, 6.45) is 1.36. The second-order valence-corrected chi connectivity index (χ2v) is 7.57. The Morgan fingerprint density at radius 2 is 1.57 bits per heavy atom. The molecule has 0 fully saturated rings. The van der Waals surface area contributed by atoms with Crippen LogP contribution in [-0.2, 0) is 4.79 Å². The third-order valence-corrected chi connectivity index (χ3v) is 5.92. The molecule has 28 heavy (non-hydrogen) atoms. The Labute approximate surface area is 164 Å². The molecule has 0 saturated carbocycles. The third-order valence-electron chi connectivity index (χ3n) is 5.92. The fourth-order valence-corrected chi connectivity index (χ4v) is 4.37. The summed E-state index contributed by atoms with van der Waals surface area (Å²) >= 11 is 0. The molecule has 6 nitrogen and oxygen atoms in total. The van der Waals surface area contributed by atoms with Crippen LogP contribution in [0.1, 0.15) is 46.9 Å². The Balaban J connectivity index is 1.84. The first kappa shape index (κ1) is 20.6. The van der Waals surface area contributed by atoms with Crippen LogP contribution in [0.4, 0.5) is 0 Å². The Morgan fingerprint density at radius 3 is 2.18 bits per heavy atom. The number of fused-ring (bicyclic) bond motifs is 1. The van der Waals surface area contributed by atoms with Crippen molar-refractivity contribution in [1.29, 1.82) is 0 Å². The van der Waals surface area contributed by atoms with Gasteiger partial charge in [0, 0.05) is 47.7 Å². The van der Waals surface area contributed by atoms with Crippen molar-refractivity contribution in [2.24, 2.45) is 11.8 Å². The van der Waals surface area contributed by atoms with Crippen molar-refractivity contribution in [3.05, 3.63) is 46.5 Å². The highest BCUT2D eigenvalue weighted by atomic mass is 16.3. The molecule has 2 N–H and O–H groups in total. The lowest BCUT2D eigenvalue weighted by molar-refractivity contribution is -0.123. The lowest BCUT2D eigenvalue weighted by Crippen LogP contribution is -2.38. The zero-order chi connectivity index (χ0) is 20.3. The standard InChI is InChI=1S/C22H27NO5/c1-14-15(7-4-8-23(9-11-24)10-12-25)20-18(13-19(14)26)21(27)16-5-2-3-6-17(16)22(20)28/h2-3,5-6,14-15,24-25H,4,7-13H2,1H3. The molecule has 2 unspecified atom stereocenters. The van der Waals surface area contributed by atoms with Gasteiger partial charge in [-0.3, -0.25) is 19.3 Å². The summed E-state index contributed by atoms with van der Waals surface area (Å²) in [5, 5.41) is 18.3. The van der Waals surface area contributed by atoms with Gasteiger partial charge in [-0.05, 0) is 25.3 Å². The van der Waals surface area contributed by atoms with Gasteiger partial charge in [0.1, 0.15) is 5.78 Å². The number of carbonyl (C=O) groups is 3. The molecule has 0 spiro atoms. The van der Waals surface area contributed by atoms with Crippen LogP contribution in [0, 0.1) is 11.8 Å². The predicted octanol–water partition coefficient (Wildman–Crippen LogP) is 1.65. The van der Waals surface area contributed by atoms with Gasteiger partial charge >= 0.3 is 0 Å². The summed E-state index contributed by atoms with van der Waals surface area (Å²) in [6, 6.07) is 6.82. The molecule has 0 aromatic heterocycles. The Hall–Kier alpha value is -2.15. The quantitative estimate of drug-likeness (QED) is 0.707. The van der Waals surface area contributed by atoms with Crippen LogP contribution < -0.4 is 0 Å². The van der Waals surface area contributed by atoms with Gasteiger partial charge in [-0.15, -0.1) is 0 Å². The molecular weight excluding hydrogens is 358 g/mol. The van der Waals surface area contributed by atoms with Crippen LogP contribution in [-0.4, -0.2) is 65.3 Å². The van der Waals surface area contributed by atoms with E-state index in [4.69, 9.17) is 10.2 Å². The van der Waals surface area contributed by atoms with Crippen LogP contribution in [0.2, 0.25) is 0 Å². The highest BCUT2D eigenvalue weighted by molar-refractivity contribution is 6.28. The number of aliphatic hydroxyl groups excluding tert-OH is 2. The molecular formula is C22H27NO5. The van der Waals surface area contributed by atoms with E-state index in [2.05, 4.69) is 0 Å². The number of carbonyl (C=O) groups excluding carboxylic acids is 3. The van der Waals surface area contributed by atoms with Gasteiger partial charge in [0.25, 0.3) is 0 Å². The molecule has 1 aromatic rings. The molecule has 6 heteroatoms. The smallest absolute Gasteiger partial charge is 0.190 e. The predicted molar refractivity (Wildman–Crippen MR) is 104 cm³/mol. The van der Waals surface area contributed by atoms with Crippen molar-refractivity contribution in [2.45, 2.75) is 26.2 Å². The molecule has 0 saturated heterocycles. The maximum atomic E-state index is 13.2. The molecule has 0 aliphatic heterocycles. The number of aliphatic hydroxyl groups is 2. The number of nitrogens with zero attached hydrogens (tertiary/aromatic N) is 1. The van der Waals surface area contributed by atoms with Crippen molar-refractivity contribution in [3.8, 4) is 0 Å². The molecule has 0 heterocycles. The first-order valence-corrected chi connectivity index (χ1v) is 9.87. The zero-order valence-electron chi connectivity index (χ0n) is 16.2. The lowest BCUT2D eigenvalue weighted by atomic mass is 9.67. The molecule has 0 radical (unpaired) electrons. The molecule has 2 aliphatic carbocycles. The summed E-state index contributed by atoms with van der Waals surface area (Å²) in [6.45, 7) is 3.46. The van der Waals surface area contributed by atoms with Crippen LogP contribution in [0.5, 0.6) is 0 Å². The van der Waals surface area contributed by atoms with Gasteiger partial charge in [-0.2, -0.15) is 0 Å². The third kappa shape index (κ3) is 3.85. The van der Waals surface area contributed by atoms with E-state index in [0.717, 1.165) is 0 Å². The van der Waals surface area contributed by atoms with Crippen molar-refractivity contribution in [1.82, 2.24) is 4.90 Å². The van der Waals surface area contributed by atoms with Gasteiger partial charge in [0.15, 0.2) is 11.6 Å². The van der Waals surface area contributed by atoms with Crippen LogP contribution in [0.25, 0.3) is 0 Å². The summed E-state index contributed by atoms with van der Waals surface area (Å²) in [5.41, 5.74) is 1.72. The van der Waals surface area contributed by atoms with E-state index in [1.165, 1.54) is 0 Å². The number of ketones is 3. The summed E-state index contributed by atoms with van der Waals surface area (Å²) in [7, 11) is 0. The van der Waals surface area contributed by atoms with E-state index in [9.17, 15) is 14.4 Å². The molecule has 0 amide bonds. The van der Waals surface area contributed by atoms with Crippen LogP contribution >= 0.6 is 0 Å².